The van der Waals surface area contributed by atoms with Crippen molar-refractivity contribution in [3.63, 3.8) is 0 Å². The van der Waals surface area contributed by atoms with Crippen molar-refractivity contribution in [2.24, 2.45) is 0 Å². The Morgan fingerprint density at radius 1 is 0.382 bits per heavy atom. The molecule has 4 nitrogen and oxygen atoms in total. The second-order valence-corrected chi connectivity index (χ2v) is 11.9. The zero-order chi connectivity index (χ0) is 22.7. The third-order valence-corrected chi connectivity index (χ3v) is 11.0. The Balaban J connectivity index is 1.41. The topological polar surface area (TPSA) is 51.6 Å². The summed E-state index contributed by atoms with van der Waals surface area (Å²) in [5, 5.41) is 0. The third kappa shape index (κ3) is 4.34. The van der Waals surface area contributed by atoms with Crippen molar-refractivity contribution in [2.75, 3.05) is 0 Å². The van der Waals surface area contributed by atoms with Crippen molar-refractivity contribution in [2.45, 2.75) is 0 Å². The summed E-state index contributed by atoms with van der Waals surface area (Å²) >= 11 is 7.25. The van der Waals surface area contributed by atoms with Crippen molar-refractivity contribution < 1.29 is 0 Å². The molecule has 2 aliphatic rings. The summed E-state index contributed by atoms with van der Waals surface area (Å²) in [6.45, 7) is 0. The Kier molecular flexibility index (Phi) is 6.29. The molecule has 2 aliphatic heterocycles. The molecule has 0 aromatic carbocycles. The van der Waals surface area contributed by atoms with Gasteiger partial charge in [-0.1, -0.05) is 71.3 Å². The Hall–Kier alpha value is -2.78. The van der Waals surface area contributed by atoms with Crippen molar-refractivity contribution in [1.82, 2.24) is 19.9 Å². The van der Waals surface area contributed by atoms with Crippen LogP contribution in [0.2, 0.25) is 0 Å². The van der Waals surface area contributed by atoms with Gasteiger partial charge in [0.15, 0.2) is 0 Å². The molecule has 34 heavy (non-hydrogen) atoms. The number of hydrogen-bond donors (Lipinski definition) is 0. The molecule has 4 aromatic heterocycles. The van der Waals surface area contributed by atoms with Gasteiger partial charge in [0.25, 0.3) is 0 Å². The zero-order valence-corrected chi connectivity index (χ0v) is 20.9. The average molecular weight is 513 g/mol. The third-order valence-electron chi connectivity index (χ3n) is 5.05. The summed E-state index contributed by atoms with van der Waals surface area (Å²) in [5.74, 6) is 0. The fourth-order valence-electron chi connectivity index (χ4n) is 3.51. The number of aromatic nitrogens is 4. The molecule has 6 heterocycles. The predicted molar refractivity (Wildman–Crippen MR) is 148 cm³/mol. The molecule has 4 aromatic rings. The van der Waals surface area contributed by atoms with Crippen LogP contribution in [0.4, 0.5) is 0 Å². The Morgan fingerprint density at radius 3 is 0.853 bits per heavy atom. The summed E-state index contributed by atoms with van der Waals surface area (Å²) in [7, 11) is 0. The van der Waals surface area contributed by atoms with E-state index >= 15 is 0 Å². The van der Waals surface area contributed by atoms with E-state index in [-0.39, 0.29) is 0 Å². The highest BCUT2D eigenvalue weighted by Crippen LogP contribution is 2.66. The van der Waals surface area contributed by atoms with Crippen LogP contribution in [0.5, 0.6) is 0 Å². The molecule has 0 saturated heterocycles. The summed E-state index contributed by atoms with van der Waals surface area (Å²) in [6, 6.07) is 16.4. The van der Waals surface area contributed by atoms with E-state index in [0.717, 1.165) is 22.3 Å². The molecule has 6 rings (SSSR count). The second kappa shape index (κ2) is 9.84. The molecule has 0 aliphatic carbocycles. The fourth-order valence-corrected chi connectivity index (χ4v) is 9.22. The van der Waals surface area contributed by atoms with Crippen LogP contribution in [0.3, 0.4) is 0 Å². The molecule has 0 fully saturated rings. The van der Waals surface area contributed by atoms with Gasteiger partial charge in [-0.15, -0.1) is 0 Å². The molecular formula is C26H16N4S4. The first-order valence-electron chi connectivity index (χ1n) is 10.4. The van der Waals surface area contributed by atoms with Gasteiger partial charge in [0.05, 0.1) is 8.47 Å². The summed E-state index contributed by atoms with van der Waals surface area (Å²) < 4.78 is 2.54. The molecule has 0 amide bonds. The van der Waals surface area contributed by atoms with Crippen molar-refractivity contribution in [3.05, 3.63) is 129 Å². The van der Waals surface area contributed by atoms with E-state index in [9.17, 15) is 0 Å². The molecule has 0 radical (unpaired) electrons. The highest BCUT2D eigenvalue weighted by Gasteiger charge is 2.32. The van der Waals surface area contributed by atoms with E-state index in [1.165, 1.54) is 28.1 Å². The monoisotopic (exact) mass is 512 g/mol. The lowest BCUT2D eigenvalue weighted by molar-refractivity contribution is 1.31. The van der Waals surface area contributed by atoms with Gasteiger partial charge in [0, 0.05) is 91.4 Å². The molecule has 0 unspecified atom stereocenters. The normalized spacial score (nSPS) is 16.0. The summed E-state index contributed by atoms with van der Waals surface area (Å²) in [6.07, 6.45) is 15.0. The summed E-state index contributed by atoms with van der Waals surface area (Å²) in [4.78, 5) is 22.3. The van der Waals surface area contributed by atoms with Gasteiger partial charge >= 0.3 is 0 Å². The van der Waals surface area contributed by atoms with E-state index in [4.69, 9.17) is 0 Å². The highest BCUT2D eigenvalue weighted by atomic mass is 32.2. The standard InChI is InChI=1S/C26H16N4S4/c1-5-17(13-27-9-1)21-22(18-6-2-10-28-14-18)32-25(31-21)26-33-23(19-7-3-11-29-15-19)24(34-26)20-8-4-12-30-16-20/h1-16H. The van der Waals surface area contributed by atoms with Crippen molar-refractivity contribution in [3.8, 4) is 0 Å². The molecule has 0 N–H and O–H groups in total. The van der Waals surface area contributed by atoms with E-state index < -0.39 is 0 Å². The smallest absolute Gasteiger partial charge is 0.0707 e. The molecule has 0 spiro atoms. The number of rotatable bonds is 4. The largest absolute Gasteiger partial charge is 0.264 e. The number of hydrogen-bond acceptors (Lipinski definition) is 8. The van der Waals surface area contributed by atoms with Gasteiger partial charge in [-0.2, -0.15) is 0 Å². The van der Waals surface area contributed by atoms with E-state index in [0.29, 0.717) is 0 Å². The first kappa shape index (κ1) is 21.7. The van der Waals surface area contributed by atoms with E-state index in [2.05, 4.69) is 44.2 Å². The van der Waals surface area contributed by atoms with Gasteiger partial charge in [-0.25, -0.2) is 0 Å². The van der Waals surface area contributed by atoms with Gasteiger partial charge in [0.1, 0.15) is 0 Å². The average Bonchev–Trinajstić information content (AvgIpc) is 3.56. The first-order chi connectivity index (χ1) is 16.9. The second-order valence-electron chi connectivity index (χ2n) is 7.27. The zero-order valence-electron chi connectivity index (χ0n) is 17.7. The quantitative estimate of drug-likeness (QED) is 0.276. The molecule has 0 atom stereocenters. The lowest BCUT2D eigenvalue weighted by Gasteiger charge is -2.04. The van der Waals surface area contributed by atoms with Crippen LogP contribution < -0.4 is 0 Å². The molecule has 8 heteroatoms. The maximum atomic E-state index is 4.36. The van der Waals surface area contributed by atoms with Crippen molar-refractivity contribution >= 4 is 66.7 Å². The van der Waals surface area contributed by atoms with Crippen LogP contribution in [0, 0.1) is 0 Å². The highest BCUT2D eigenvalue weighted by molar-refractivity contribution is 8.39. The fraction of sp³-hybridized carbons (Fsp3) is 0. The minimum Gasteiger partial charge on any atom is -0.264 e. The van der Waals surface area contributed by atoms with Crippen LogP contribution in [0.15, 0.2) is 107 Å². The number of thioether (sulfide) groups is 4. The molecular weight excluding hydrogens is 497 g/mol. The minimum absolute atomic E-state index is 1.12. The maximum absolute atomic E-state index is 4.36. The van der Waals surface area contributed by atoms with Crippen LogP contribution in [-0.2, 0) is 0 Å². The van der Waals surface area contributed by atoms with Gasteiger partial charge in [0.2, 0.25) is 0 Å². The van der Waals surface area contributed by atoms with Crippen LogP contribution >= 0.6 is 47.0 Å². The van der Waals surface area contributed by atoms with Gasteiger partial charge in [-0.3, -0.25) is 19.9 Å². The predicted octanol–water partition coefficient (Wildman–Crippen LogP) is 7.71. The number of nitrogens with zero attached hydrogens (tertiary/aromatic N) is 4. The summed E-state index contributed by atoms with van der Waals surface area (Å²) in [5.41, 5.74) is 4.48. The minimum atomic E-state index is 1.12. The van der Waals surface area contributed by atoms with Crippen LogP contribution in [0.25, 0.3) is 19.6 Å². The van der Waals surface area contributed by atoms with Gasteiger partial charge < -0.3 is 0 Å². The maximum Gasteiger partial charge on any atom is 0.0707 e. The lowest BCUT2D eigenvalue weighted by Crippen LogP contribution is -1.84. The van der Waals surface area contributed by atoms with Gasteiger partial charge in [-0.05, 0) is 24.3 Å². The Labute approximate surface area is 214 Å². The Bertz CT molecular complexity index is 1200. The van der Waals surface area contributed by atoms with E-state index in [1.54, 1.807) is 0 Å². The molecule has 164 valence electrons. The molecule has 0 saturated carbocycles. The SMILES string of the molecule is c1cncc(C2=C(c3cccnc3)SC(=C3SC(c4cccnc4)=C(c4cccnc4)S3)S2)c1. The Morgan fingerprint density at radius 2 is 0.647 bits per heavy atom. The molecule has 0 bridgehead atoms. The first-order valence-corrected chi connectivity index (χ1v) is 13.7. The lowest BCUT2D eigenvalue weighted by atomic mass is 10.2. The van der Waals surface area contributed by atoms with Crippen LogP contribution in [0.1, 0.15) is 22.3 Å². The van der Waals surface area contributed by atoms with Crippen LogP contribution in [-0.4, -0.2) is 19.9 Å². The van der Waals surface area contributed by atoms with Crippen molar-refractivity contribution in [1.29, 1.82) is 0 Å². The number of pyridine rings is 4. The van der Waals surface area contributed by atoms with E-state index in [1.807, 2.05) is 121 Å².